The van der Waals surface area contributed by atoms with E-state index in [-0.39, 0.29) is 23.9 Å². The number of hydrogen-bond donors (Lipinski definition) is 1. The Hall–Kier alpha value is -2.18. The maximum absolute atomic E-state index is 12.8. The molecular formula is C21H31N5O2. The van der Waals surface area contributed by atoms with Crippen LogP contribution in [0.4, 0.5) is 5.82 Å². The first kappa shape index (κ1) is 19.2. The highest BCUT2D eigenvalue weighted by Gasteiger charge is 2.41. The zero-order valence-electron chi connectivity index (χ0n) is 17.1. The van der Waals surface area contributed by atoms with Gasteiger partial charge in [0.25, 0.3) is 5.91 Å². The number of rotatable bonds is 5. The molecule has 0 radical (unpaired) electrons. The Balaban J connectivity index is 1.31. The van der Waals surface area contributed by atoms with Gasteiger partial charge >= 0.3 is 0 Å². The van der Waals surface area contributed by atoms with Crippen molar-refractivity contribution in [2.45, 2.75) is 57.5 Å². The molecule has 1 saturated heterocycles. The van der Waals surface area contributed by atoms with Crippen LogP contribution in [0.15, 0.2) is 12.1 Å². The monoisotopic (exact) mass is 385 g/mol. The average molecular weight is 386 g/mol. The second-order valence-electron chi connectivity index (χ2n) is 9.12. The molecule has 152 valence electrons. The second kappa shape index (κ2) is 7.68. The summed E-state index contributed by atoms with van der Waals surface area (Å²) < 4.78 is 0. The van der Waals surface area contributed by atoms with Gasteiger partial charge in [0.1, 0.15) is 0 Å². The van der Waals surface area contributed by atoms with E-state index in [1.54, 1.807) is 12.1 Å². The third-order valence-electron chi connectivity index (χ3n) is 6.86. The van der Waals surface area contributed by atoms with Crippen LogP contribution in [0.2, 0.25) is 0 Å². The minimum atomic E-state index is -0.116. The minimum Gasteiger partial charge on any atom is -0.361 e. The van der Waals surface area contributed by atoms with Crippen LogP contribution < -0.4 is 10.2 Å². The minimum absolute atomic E-state index is 0.0269. The third kappa shape index (κ3) is 3.84. The molecule has 2 saturated carbocycles. The fraction of sp³-hybridized carbons (Fsp3) is 0.714. The van der Waals surface area contributed by atoms with E-state index in [2.05, 4.69) is 15.5 Å². The molecule has 4 rings (SSSR count). The van der Waals surface area contributed by atoms with Gasteiger partial charge in [0, 0.05) is 39.1 Å². The van der Waals surface area contributed by atoms with E-state index in [1.165, 1.54) is 25.7 Å². The first-order valence-electron chi connectivity index (χ1n) is 10.5. The summed E-state index contributed by atoms with van der Waals surface area (Å²) in [4.78, 5) is 29.0. The number of fused-ring (bicyclic) bond motifs is 2. The molecule has 3 aliphatic rings. The molecule has 1 aromatic heterocycles. The Morgan fingerprint density at radius 1 is 1.18 bits per heavy atom. The van der Waals surface area contributed by atoms with Crippen LogP contribution in [0.5, 0.6) is 0 Å². The Morgan fingerprint density at radius 2 is 2.00 bits per heavy atom. The van der Waals surface area contributed by atoms with Crippen LogP contribution in [0.25, 0.3) is 0 Å². The maximum Gasteiger partial charge on any atom is 0.274 e. The van der Waals surface area contributed by atoms with E-state index in [0.29, 0.717) is 24.6 Å². The van der Waals surface area contributed by atoms with E-state index in [4.69, 9.17) is 0 Å². The highest BCUT2D eigenvalue weighted by Crippen LogP contribution is 2.49. The van der Waals surface area contributed by atoms with Crippen LogP contribution in [-0.4, -0.2) is 59.6 Å². The van der Waals surface area contributed by atoms with Crippen molar-refractivity contribution in [2.24, 2.45) is 17.8 Å². The number of anilines is 1. The number of nitrogens with one attached hydrogen (secondary N) is 1. The lowest BCUT2D eigenvalue weighted by atomic mass is 9.86. The van der Waals surface area contributed by atoms with Crippen molar-refractivity contribution in [3.05, 3.63) is 17.8 Å². The van der Waals surface area contributed by atoms with Crippen LogP contribution in [0.3, 0.4) is 0 Å². The number of carbonyl (C=O) groups excluding carboxylic acids is 2. The topological polar surface area (TPSA) is 78.4 Å². The fourth-order valence-corrected chi connectivity index (χ4v) is 5.39. The van der Waals surface area contributed by atoms with Gasteiger partial charge in [-0.3, -0.25) is 9.59 Å². The van der Waals surface area contributed by atoms with Crippen LogP contribution in [-0.2, 0) is 4.79 Å². The van der Waals surface area contributed by atoms with Gasteiger partial charge in [-0.25, -0.2) is 0 Å². The molecule has 0 spiro atoms. The van der Waals surface area contributed by atoms with Gasteiger partial charge in [-0.2, -0.15) is 0 Å². The molecule has 0 aromatic carbocycles. The predicted molar refractivity (Wildman–Crippen MR) is 107 cm³/mol. The van der Waals surface area contributed by atoms with E-state index in [9.17, 15) is 9.59 Å². The molecular weight excluding hydrogens is 354 g/mol. The van der Waals surface area contributed by atoms with Crippen molar-refractivity contribution in [3.8, 4) is 0 Å². The van der Waals surface area contributed by atoms with Gasteiger partial charge in [0.2, 0.25) is 5.91 Å². The van der Waals surface area contributed by atoms with Crippen molar-refractivity contribution < 1.29 is 9.59 Å². The van der Waals surface area contributed by atoms with Gasteiger partial charge in [-0.05, 0) is 62.5 Å². The molecule has 7 nitrogen and oxygen atoms in total. The van der Waals surface area contributed by atoms with E-state index in [1.807, 2.05) is 30.8 Å². The van der Waals surface area contributed by atoms with E-state index < -0.39 is 0 Å². The largest absolute Gasteiger partial charge is 0.361 e. The van der Waals surface area contributed by atoms with Gasteiger partial charge in [-0.15, -0.1) is 10.2 Å². The summed E-state index contributed by atoms with van der Waals surface area (Å²) in [6.07, 6.45) is 6.66. The number of likely N-dealkylation sites (tertiary alicyclic amines) is 1. The first-order chi connectivity index (χ1) is 13.4. The molecule has 2 heterocycles. The lowest BCUT2D eigenvalue weighted by molar-refractivity contribution is -0.123. The van der Waals surface area contributed by atoms with Gasteiger partial charge in [-0.1, -0.05) is 6.42 Å². The zero-order chi connectivity index (χ0) is 19.8. The van der Waals surface area contributed by atoms with Crippen molar-refractivity contribution in [1.82, 2.24) is 20.4 Å². The summed E-state index contributed by atoms with van der Waals surface area (Å²) in [5.74, 6) is 2.95. The Labute approximate surface area is 166 Å². The number of hydrogen-bond acceptors (Lipinski definition) is 5. The zero-order valence-corrected chi connectivity index (χ0v) is 17.1. The second-order valence-corrected chi connectivity index (χ2v) is 9.12. The van der Waals surface area contributed by atoms with Crippen molar-refractivity contribution in [1.29, 1.82) is 0 Å². The summed E-state index contributed by atoms with van der Waals surface area (Å²) in [5, 5.41) is 11.4. The predicted octanol–water partition coefficient (Wildman–Crippen LogP) is 2.09. The molecule has 3 fully saturated rings. The average Bonchev–Trinajstić information content (AvgIpc) is 3.37. The normalized spacial score (nSPS) is 31.2. The molecule has 5 unspecified atom stereocenters. The quantitative estimate of drug-likeness (QED) is 0.840. The number of nitrogens with zero attached hydrogens (tertiary/aromatic N) is 4. The molecule has 28 heavy (non-hydrogen) atoms. The van der Waals surface area contributed by atoms with Crippen molar-refractivity contribution in [2.75, 3.05) is 25.5 Å². The van der Waals surface area contributed by atoms with E-state index in [0.717, 1.165) is 24.1 Å². The number of amides is 2. The Bertz CT molecular complexity index is 735. The Morgan fingerprint density at radius 3 is 2.61 bits per heavy atom. The summed E-state index contributed by atoms with van der Waals surface area (Å²) >= 11 is 0. The van der Waals surface area contributed by atoms with Crippen LogP contribution in [0, 0.1) is 17.8 Å². The molecule has 2 amide bonds. The molecule has 7 heteroatoms. The molecule has 2 aliphatic carbocycles. The third-order valence-corrected chi connectivity index (χ3v) is 6.86. The molecule has 2 bridgehead atoms. The lowest BCUT2D eigenvalue weighted by Crippen LogP contribution is -2.40. The molecule has 1 aromatic rings. The van der Waals surface area contributed by atoms with Crippen LogP contribution >= 0.6 is 0 Å². The van der Waals surface area contributed by atoms with Crippen molar-refractivity contribution >= 4 is 17.6 Å². The maximum atomic E-state index is 12.8. The highest BCUT2D eigenvalue weighted by molar-refractivity contribution is 5.92. The van der Waals surface area contributed by atoms with Crippen molar-refractivity contribution in [3.63, 3.8) is 0 Å². The summed E-state index contributed by atoms with van der Waals surface area (Å²) in [7, 11) is 3.77. The standard InChI is InChI=1S/C21H31N5O2/c1-13-8-17(22-20(27)11-16-10-14-4-5-15(16)9-14)12-26(13)21(28)18-6-7-19(24-23-18)25(2)3/h6-7,13-17H,4-5,8-12H2,1-3H3,(H,22,27). The molecule has 5 atom stereocenters. The van der Waals surface area contributed by atoms with Crippen LogP contribution in [0.1, 0.15) is 55.9 Å². The summed E-state index contributed by atoms with van der Waals surface area (Å²) in [6.45, 7) is 2.57. The number of aromatic nitrogens is 2. The summed E-state index contributed by atoms with van der Waals surface area (Å²) in [6, 6.07) is 3.63. The Kier molecular flexibility index (Phi) is 5.25. The first-order valence-corrected chi connectivity index (χ1v) is 10.5. The van der Waals surface area contributed by atoms with Gasteiger partial charge in [0.05, 0.1) is 0 Å². The van der Waals surface area contributed by atoms with E-state index >= 15 is 0 Å². The fourth-order valence-electron chi connectivity index (χ4n) is 5.39. The number of carbonyl (C=O) groups is 2. The molecule has 1 N–H and O–H groups in total. The SMILES string of the molecule is CC1CC(NC(=O)CC2CC3CCC2C3)CN1C(=O)c1ccc(N(C)C)nn1. The highest BCUT2D eigenvalue weighted by atomic mass is 16.2. The van der Waals surface area contributed by atoms with Gasteiger partial charge in [0.15, 0.2) is 11.5 Å². The molecule has 1 aliphatic heterocycles. The summed E-state index contributed by atoms with van der Waals surface area (Å²) in [5.41, 5.74) is 0.353. The smallest absolute Gasteiger partial charge is 0.274 e. The lowest BCUT2D eigenvalue weighted by Gasteiger charge is -2.22. The van der Waals surface area contributed by atoms with Gasteiger partial charge < -0.3 is 15.1 Å².